The number of ether oxygens (including phenoxy) is 1. The summed E-state index contributed by atoms with van der Waals surface area (Å²) in [6, 6.07) is 10.3. The highest BCUT2D eigenvalue weighted by Crippen LogP contribution is 2.20. The van der Waals surface area contributed by atoms with Gasteiger partial charge in [0.05, 0.1) is 4.90 Å². The first-order valence-electron chi connectivity index (χ1n) is 7.09. The minimum absolute atomic E-state index is 0.0475. The molecule has 0 aliphatic carbocycles. The molecule has 0 saturated carbocycles. The van der Waals surface area contributed by atoms with Crippen molar-refractivity contribution in [2.45, 2.75) is 18.7 Å². The van der Waals surface area contributed by atoms with Crippen LogP contribution >= 0.6 is 0 Å². The van der Waals surface area contributed by atoms with E-state index in [0.717, 1.165) is 17.2 Å². The lowest BCUT2D eigenvalue weighted by molar-refractivity contribution is 0.234. The molecule has 0 aliphatic rings. The SMILES string of the molecule is Cc1cccc(OCNC(=O)Nc2cccc(S(=O)(=O)O)c2)c1C. The van der Waals surface area contributed by atoms with E-state index in [1.165, 1.54) is 18.2 Å². The van der Waals surface area contributed by atoms with Crippen molar-refractivity contribution in [3.05, 3.63) is 53.6 Å². The van der Waals surface area contributed by atoms with Gasteiger partial charge in [0, 0.05) is 5.69 Å². The van der Waals surface area contributed by atoms with Crippen LogP contribution in [0.15, 0.2) is 47.4 Å². The van der Waals surface area contributed by atoms with Crippen molar-refractivity contribution >= 4 is 21.8 Å². The van der Waals surface area contributed by atoms with Gasteiger partial charge in [-0.25, -0.2) is 4.79 Å². The van der Waals surface area contributed by atoms with Crippen LogP contribution in [0.1, 0.15) is 11.1 Å². The van der Waals surface area contributed by atoms with Crippen molar-refractivity contribution < 1.29 is 22.5 Å². The largest absolute Gasteiger partial charge is 0.473 e. The standard InChI is InChI=1S/C16H18N2O5S/c1-11-5-3-8-15(12(11)2)23-10-17-16(19)18-13-6-4-7-14(9-13)24(20,21)22/h3-9H,10H2,1-2H3,(H2,17,18,19)(H,20,21,22). The van der Waals surface area contributed by atoms with Crippen molar-refractivity contribution in [3.8, 4) is 5.75 Å². The summed E-state index contributed by atoms with van der Waals surface area (Å²) in [7, 11) is -4.32. The van der Waals surface area contributed by atoms with Crippen molar-refractivity contribution in [3.63, 3.8) is 0 Å². The van der Waals surface area contributed by atoms with Gasteiger partial charge in [-0.15, -0.1) is 0 Å². The smallest absolute Gasteiger partial charge is 0.321 e. The van der Waals surface area contributed by atoms with Crippen LogP contribution in [0.4, 0.5) is 10.5 Å². The second-order valence-corrected chi connectivity index (χ2v) is 6.54. The predicted octanol–water partition coefficient (Wildman–Crippen LogP) is 2.71. The Balaban J connectivity index is 1.91. The van der Waals surface area contributed by atoms with Crippen LogP contribution in [0, 0.1) is 13.8 Å². The van der Waals surface area contributed by atoms with Crippen molar-refractivity contribution in [2.75, 3.05) is 12.0 Å². The third kappa shape index (κ3) is 4.71. The summed E-state index contributed by atoms with van der Waals surface area (Å²) >= 11 is 0. The van der Waals surface area contributed by atoms with E-state index < -0.39 is 16.1 Å². The number of rotatable bonds is 5. The Labute approximate surface area is 140 Å². The Kier molecular flexibility index (Phi) is 5.42. The normalized spacial score (nSPS) is 11.0. The van der Waals surface area contributed by atoms with Crippen LogP contribution in [0.5, 0.6) is 5.75 Å². The Morgan fingerprint density at radius 1 is 1.17 bits per heavy atom. The van der Waals surface area contributed by atoms with Crippen LogP contribution in [-0.2, 0) is 10.1 Å². The topological polar surface area (TPSA) is 105 Å². The molecule has 0 radical (unpaired) electrons. The Morgan fingerprint density at radius 2 is 1.88 bits per heavy atom. The molecule has 2 rings (SSSR count). The van der Waals surface area contributed by atoms with E-state index in [9.17, 15) is 13.2 Å². The molecule has 0 unspecified atom stereocenters. The summed E-state index contributed by atoms with van der Waals surface area (Å²) in [5.74, 6) is 0.670. The van der Waals surface area contributed by atoms with E-state index >= 15 is 0 Å². The molecule has 2 amide bonds. The van der Waals surface area contributed by atoms with E-state index in [1.54, 1.807) is 6.07 Å². The highest BCUT2D eigenvalue weighted by Gasteiger charge is 2.10. The van der Waals surface area contributed by atoms with Gasteiger partial charge in [0.2, 0.25) is 0 Å². The van der Waals surface area contributed by atoms with Gasteiger partial charge in [-0.2, -0.15) is 8.42 Å². The number of hydrogen-bond donors (Lipinski definition) is 3. The summed E-state index contributed by atoms with van der Waals surface area (Å²) in [4.78, 5) is 11.5. The number of nitrogens with one attached hydrogen (secondary N) is 2. The number of carbonyl (C=O) groups is 1. The maximum Gasteiger partial charge on any atom is 0.321 e. The molecular weight excluding hydrogens is 332 g/mol. The molecular formula is C16H18N2O5S. The van der Waals surface area contributed by atoms with E-state index in [2.05, 4.69) is 10.6 Å². The van der Waals surface area contributed by atoms with Gasteiger partial charge >= 0.3 is 6.03 Å². The fourth-order valence-electron chi connectivity index (χ4n) is 1.97. The summed E-state index contributed by atoms with van der Waals surface area (Å²) in [6.45, 7) is 3.84. The Bertz CT molecular complexity index is 849. The zero-order chi connectivity index (χ0) is 17.7. The number of hydrogen-bond acceptors (Lipinski definition) is 4. The molecule has 3 N–H and O–H groups in total. The molecule has 0 heterocycles. The predicted molar refractivity (Wildman–Crippen MR) is 89.8 cm³/mol. The van der Waals surface area contributed by atoms with Crippen LogP contribution in [0.2, 0.25) is 0 Å². The van der Waals surface area contributed by atoms with Crippen LogP contribution < -0.4 is 15.4 Å². The molecule has 0 aromatic heterocycles. The van der Waals surface area contributed by atoms with Crippen LogP contribution in [0.3, 0.4) is 0 Å². The number of carbonyl (C=O) groups excluding carboxylic acids is 1. The van der Waals surface area contributed by atoms with E-state index in [-0.39, 0.29) is 17.3 Å². The van der Waals surface area contributed by atoms with E-state index in [4.69, 9.17) is 9.29 Å². The van der Waals surface area contributed by atoms with Gasteiger partial charge in [-0.05, 0) is 49.2 Å². The third-order valence-electron chi connectivity index (χ3n) is 3.41. The molecule has 7 nitrogen and oxygen atoms in total. The number of aryl methyl sites for hydroxylation is 1. The van der Waals surface area contributed by atoms with Gasteiger partial charge in [0.15, 0.2) is 6.73 Å². The summed E-state index contributed by atoms with van der Waals surface area (Å²) < 4.78 is 36.6. The minimum atomic E-state index is -4.32. The molecule has 0 aliphatic heterocycles. The van der Waals surface area contributed by atoms with Crippen LogP contribution in [-0.4, -0.2) is 25.7 Å². The molecule has 0 saturated heterocycles. The van der Waals surface area contributed by atoms with E-state index in [1.807, 2.05) is 26.0 Å². The molecule has 128 valence electrons. The molecule has 0 bridgehead atoms. The molecule has 2 aromatic carbocycles. The van der Waals surface area contributed by atoms with Gasteiger partial charge in [-0.3, -0.25) is 4.55 Å². The molecule has 8 heteroatoms. The van der Waals surface area contributed by atoms with E-state index in [0.29, 0.717) is 5.75 Å². The maximum absolute atomic E-state index is 11.8. The lowest BCUT2D eigenvalue weighted by atomic mass is 10.1. The monoisotopic (exact) mass is 350 g/mol. The zero-order valence-electron chi connectivity index (χ0n) is 13.2. The first-order valence-corrected chi connectivity index (χ1v) is 8.53. The summed E-state index contributed by atoms with van der Waals surface area (Å²) in [5, 5.41) is 4.96. The van der Waals surface area contributed by atoms with Crippen molar-refractivity contribution in [1.82, 2.24) is 5.32 Å². The maximum atomic E-state index is 11.8. The fourth-order valence-corrected chi connectivity index (χ4v) is 2.50. The Hall–Kier alpha value is -2.58. The van der Waals surface area contributed by atoms with Crippen molar-refractivity contribution in [1.29, 1.82) is 0 Å². The number of amides is 2. The van der Waals surface area contributed by atoms with Crippen molar-refractivity contribution in [2.24, 2.45) is 0 Å². The van der Waals surface area contributed by atoms with Gasteiger partial charge in [0.1, 0.15) is 5.75 Å². The second-order valence-electron chi connectivity index (χ2n) is 5.12. The minimum Gasteiger partial charge on any atom is -0.473 e. The lowest BCUT2D eigenvalue weighted by Gasteiger charge is -2.12. The van der Waals surface area contributed by atoms with Gasteiger partial charge in [-0.1, -0.05) is 18.2 Å². The highest BCUT2D eigenvalue weighted by atomic mass is 32.2. The summed E-state index contributed by atoms with van der Waals surface area (Å²) in [6.07, 6.45) is 0. The summed E-state index contributed by atoms with van der Waals surface area (Å²) in [5.41, 5.74) is 2.30. The lowest BCUT2D eigenvalue weighted by Crippen LogP contribution is -2.32. The second kappa shape index (κ2) is 7.33. The average Bonchev–Trinajstić information content (AvgIpc) is 2.51. The molecule has 0 atom stereocenters. The Morgan fingerprint density at radius 3 is 2.58 bits per heavy atom. The third-order valence-corrected chi connectivity index (χ3v) is 4.25. The quantitative estimate of drug-likeness (QED) is 0.568. The first kappa shape index (κ1) is 17.8. The number of anilines is 1. The van der Waals surface area contributed by atoms with Gasteiger partial charge in [0.25, 0.3) is 10.1 Å². The molecule has 2 aromatic rings. The molecule has 0 fully saturated rings. The first-order chi connectivity index (χ1) is 11.3. The molecule has 0 spiro atoms. The average molecular weight is 350 g/mol. The fraction of sp³-hybridized carbons (Fsp3) is 0.188. The molecule has 24 heavy (non-hydrogen) atoms. The number of benzene rings is 2. The zero-order valence-corrected chi connectivity index (χ0v) is 14.1. The van der Waals surface area contributed by atoms with Gasteiger partial charge < -0.3 is 15.4 Å². The number of urea groups is 1. The highest BCUT2D eigenvalue weighted by molar-refractivity contribution is 7.85. The van der Waals surface area contributed by atoms with Crippen LogP contribution in [0.25, 0.3) is 0 Å².